The molecule has 2 atom stereocenters. The number of unbranched alkanes of at least 4 members (excludes halogenated alkanes) is 3. The number of hydrogen-bond acceptors (Lipinski definition) is 6. The summed E-state index contributed by atoms with van der Waals surface area (Å²) in [6, 6.07) is 8.47. The zero-order valence-corrected chi connectivity index (χ0v) is 17.4. The number of likely N-dealkylation sites (tertiary alicyclic amines) is 1. The van der Waals surface area contributed by atoms with Crippen LogP contribution in [0.25, 0.3) is 0 Å². The van der Waals surface area contributed by atoms with Crippen molar-refractivity contribution in [3.05, 3.63) is 29.3 Å². The van der Waals surface area contributed by atoms with E-state index in [2.05, 4.69) is 27.3 Å². The molecular weight excluding hydrogens is 352 g/mol. The highest BCUT2D eigenvalue weighted by Crippen LogP contribution is 2.19. The Bertz CT molecular complexity index is 629. The first-order chi connectivity index (χ1) is 13.5. The average molecular weight is 389 g/mol. The van der Waals surface area contributed by atoms with Gasteiger partial charge in [-0.1, -0.05) is 18.9 Å². The molecule has 1 aliphatic rings. The van der Waals surface area contributed by atoms with Crippen molar-refractivity contribution in [2.45, 2.75) is 57.2 Å². The maximum absolute atomic E-state index is 9.72. The molecule has 1 aromatic carbocycles. The molecule has 156 valence electrons. The van der Waals surface area contributed by atoms with Gasteiger partial charge < -0.3 is 20.4 Å². The van der Waals surface area contributed by atoms with Crippen molar-refractivity contribution < 1.29 is 10.2 Å². The minimum atomic E-state index is -0.255. The molecule has 2 rings (SSSR count). The van der Waals surface area contributed by atoms with Crippen molar-refractivity contribution in [1.82, 2.24) is 9.80 Å². The SMILES string of the molecule is CN(C)Cc1ccc(NCCCCCCN2CCC(O)CC2CO)c(C#N)c1. The number of hydrogen-bond donors (Lipinski definition) is 3. The maximum atomic E-state index is 9.72. The standard InChI is InChI=1S/C22H36N4O2/c1-25(2)16-18-7-8-22(19(13-18)15-23)24-10-5-3-4-6-11-26-12-9-21(28)14-20(26)17-27/h7-8,13,20-21,24,27-28H,3-6,9-12,14,16-17H2,1-2H3. The summed E-state index contributed by atoms with van der Waals surface area (Å²) in [6.07, 6.45) is 5.75. The van der Waals surface area contributed by atoms with E-state index in [0.717, 1.165) is 69.5 Å². The van der Waals surface area contributed by atoms with Crippen LogP contribution in [-0.4, -0.2) is 72.5 Å². The zero-order valence-electron chi connectivity index (χ0n) is 17.4. The van der Waals surface area contributed by atoms with E-state index in [4.69, 9.17) is 0 Å². The van der Waals surface area contributed by atoms with Gasteiger partial charge in [0.05, 0.1) is 24.0 Å². The summed E-state index contributed by atoms with van der Waals surface area (Å²) in [4.78, 5) is 4.41. The van der Waals surface area contributed by atoms with Crippen LogP contribution in [0.4, 0.5) is 5.69 Å². The molecule has 0 amide bonds. The van der Waals surface area contributed by atoms with Crippen LogP contribution in [0.2, 0.25) is 0 Å². The van der Waals surface area contributed by atoms with Gasteiger partial charge >= 0.3 is 0 Å². The fourth-order valence-corrected chi connectivity index (χ4v) is 3.88. The van der Waals surface area contributed by atoms with Gasteiger partial charge in [0.1, 0.15) is 6.07 Å². The van der Waals surface area contributed by atoms with Crippen LogP contribution in [0.3, 0.4) is 0 Å². The zero-order chi connectivity index (χ0) is 20.4. The largest absolute Gasteiger partial charge is 0.395 e. The summed E-state index contributed by atoms with van der Waals surface area (Å²) in [6.45, 7) is 3.72. The Labute approximate surface area is 169 Å². The van der Waals surface area contributed by atoms with Crippen LogP contribution < -0.4 is 5.32 Å². The van der Waals surface area contributed by atoms with Crippen LogP contribution in [0, 0.1) is 11.3 Å². The molecule has 0 aromatic heterocycles. The number of nitrogens with one attached hydrogen (secondary N) is 1. The summed E-state index contributed by atoms with van der Waals surface area (Å²) in [5.74, 6) is 0. The summed E-state index contributed by atoms with van der Waals surface area (Å²) in [5.41, 5.74) is 2.78. The van der Waals surface area contributed by atoms with Crippen molar-refractivity contribution in [2.75, 3.05) is 45.7 Å². The molecule has 0 spiro atoms. The minimum Gasteiger partial charge on any atom is -0.395 e. The van der Waals surface area contributed by atoms with Gasteiger partial charge in [0.2, 0.25) is 0 Å². The van der Waals surface area contributed by atoms with Gasteiger partial charge in [-0.3, -0.25) is 4.90 Å². The van der Waals surface area contributed by atoms with E-state index in [9.17, 15) is 15.5 Å². The molecule has 1 aliphatic heterocycles. The number of anilines is 1. The summed E-state index contributed by atoms with van der Waals surface area (Å²) in [5, 5.41) is 32.0. The number of rotatable bonds is 11. The average Bonchev–Trinajstić information content (AvgIpc) is 2.68. The number of aliphatic hydroxyl groups is 2. The summed E-state index contributed by atoms with van der Waals surface area (Å²) < 4.78 is 0. The second-order valence-corrected chi connectivity index (χ2v) is 8.12. The lowest BCUT2D eigenvalue weighted by atomic mass is 9.99. The van der Waals surface area contributed by atoms with Crippen LogP contribution in [0.15, 0.2) is 18.2 Å². The molecule has 0 radical (unpaired) electrons. The third-order valence-electron chi connectivity index (χ3n) is 5.41. The molecule has 2 unspecified atom stereocenters. The van der Waals surface area contributed by atoms with E-state index < -0.39 is 0 Å². The van der Waals surface area contributed by atoms with Crippen molar-refractivity contribution in [3.8, 4) is 6.07 Å². The molecular formula is C22H36N4O2. The predicted octanol–water partition coefficient (Wildman–Crippen LogP) is 2.41. The monoisotopic (exact) mass is 388 g/mol. The highest BCUT2D eigenvalue weighted by atomic mass is 16.3. The smallest absolute Gasteiger partial charge is 0.101 e. The van der Waals surface area contributed by atoms with Gasteiger partial charge in [-0.2, -0.15) is 5.26 Å². The van der Waals surface area contributed by atoms with Crippen molar-refractivity contribution >= 4 is 5.69 Å². The Morgan fingerprint density at radius 3 is 2.75 bits per heavy atom. The number of aliphatic hydroxyl groups excluding tert-OH is 2. The van der Waals surface area contributed by atoms with E-state index >= 15 is 0 Å². The maximum Gasteiger partial charge on any atom is 0.101 e. The lowest BCUT2D eigenvalue weighted by molar-refractivity contribution is 0.0163. The first kappa shape index (κ1) is 22.6. The second kappa shape index (κ2) is 12.0. The van der Waals surface area contributed by atoms with E-state index in [1.165, 1.54) is 0 Å². The van der Waals surface area contributed by atoms with Crippen LogP contribution in [0.1, 0.15) is 49.7 Å². The third kappa shape index (κ3) is 7.40. The fourth-order valence-electron chi connectivity index (χ4n) is 3.88. The predicted molar refractivity (Wildman–Crippen MR) is 113 cm³/mol. The van der Waals surface area contributed by atoms with Gasteiger partial charge in [0.25, 0.3) is 0 Å². The van der Waals surface area contributed by atoms with Gasteiger partial charge in [0, 0.05) is 25.7 Å². The molecule has 0 bridgehead atoms. The quantitative estimate of drug-likeness (QED) is 0.505. The van der Waals surface area contributed by atoms with Gasteiger partial charge in [0.15, 0.2) is 0 Å². The molecule has 6 heteroatoms. The number of benzene rings is 1. The number of nitrogens with zero attached hydrogens (tertiary/aromatic N) is 3. The Morgan fingerprint density at radius 2 is 2.04 bits per heavy atom. The van der Waals surface area contributed by atoms with E-state index in [-0.39, 0.29) is 18.8 Å². The lowest BCUT2D eigenvalue weighted by Gasteiger charge is -2.36. The topological polar surface area (TPSA) is 82.8 Å². The molecule has 0 saturated carbocycles. The molecule has 6 nitrogen and oxygen atoms in total. The first-order valence-corrected chi connectivity index (χ1v) is 10.5. The van der Waals surface area contributed by atoms with Crippen LogP contribution in [0.5, 0.6) is 0 Å². The van der Waals surface area contributed by atoms with Crippen LogP contribution >= 0.6 is 0 Å². The van der Waals surface area contributed by atoms with Crippen molar-refractivity contribution in [1.29, 1.82) is 5.26 Å². The second-order valence-electron chi connectivity index (χ2n) is 8.12. The lowest BCUT2D eigenvalue weighted by Crippen LogP contribution is -2.46. The normalized spacial score (nSPS) is 20.3. The van der Waals surface area contributed by atoms with E-state index in [1.54, 1.807) is 0 Å². The van der Waals surface area contributed by atoms with Crippen molar-refractivity contribution in [3.63, 3.8) is 0 Å². The molecule has 28 heavy (non-hydrogen) atoms. The molecule has 1 fully saturated rings. The van der Waals surface area contributed by atoms with Gasteiger partial charge in [-0.25, -0.2) is 0 Å². The van der Waals surface area contributed by atoms with Gasteiger partial charge in [-0.15, -0.1) is 0 Å². The molecule has 3 N–H and O–H groups in total. The highest BCUT2D eigenvalue weighted by Gasteiger charge is 2.26. The number of piperidine rings is 1. The Hall–Kier alpha value is -1.65. The summed E-state index contributed by atoms with van der Waals surface area (Å²) >= 11 is 0. The molecule has 1 heterocycles. The minimum absolute atomic E-state index is 0.116. The molecule has 1 aromatic rings. The molecule has 1 saturated heterocycles. The summed E-state index contributed by atoms with van der Waals surface area (Å²) in [7, 11) is 4.05. The Balaban J connectivity index is 1.63. The Kier molecular flexibility index (Phi) is 9.72. The van der Waals surface area contributed by atoms with Crippen LogP contribution in [-0.2, 0) is 6.54 Å². The Morgan fingerprint density at radius 1 is 1.25 bits per heavy atom. The third-order valence-corrected chi connectivity index (χ3v) is 5.41. The van der Waals surface area contributed by atoms with E-state index in [1.807, 2.05) is 26.2 Å². The first-order valence-electron chi connectivity index (χ1n) is 10.5. The molecule has 0 aliphatic carbocycles. The fraction of sp³-hybridized carbons (Fsp3) is 0.682. The highest BCUT2D eigenvalue weighted by molar-refractivity contribution is 5.58. The number of nitriles is 1. The van der Waals surface area contributed by atoms with E-state index in [0.29, 0.717) is 12.0 Å². The van der Waals surface area contributed by atoms with Crippen molar-refractivity contribution in [2.24, 2.45) is 0 Å². The van der Waals surface area contributed by atoms with Gasteiger partial charge in [-0.05, 0) is 64.0 Å².